The third-order valence-corrected chi connectivity index (χ3v) is 6.10. The van der Waals surface area contributed by atoms with Crippen LogP contribution < -0.4 is 5.32 Å². The van der Waals surface area contributed by atoms with E-state index in [0.717, 1.165) is 32.5 Å². The number of para-hydroxylation sites is 1. The average molecular weight is 497 g/mol. The van der Waals surface area contributed by atoms with E-state index in [2.05, 4.69) is 26.3 Å². The number of halogens is 1. The van der Waals surface area contributed by atoms with E-state index in [4.69, 9.17) is 0 Å². The molecule has 3 aromatic carbocycles. The molecule has 0 spiro atoms. The first-order valence-electron chi connectivity index (χ1n) is 10.3. The van der Waals surface area contributed by atoms with E-state index in [1.54, 1.807) is 22.9 Å². The highest BCUT2D eigenvalue weighted by Crippen LogP contribution is 2.40. The summed E-state index contributed by atoms with van der Waals surface area (Å²) in [6, 6.07) is 26.3. The van der Waals surface area contributed by atoms with E-state index < -0.39 is 17.6 Å². The van der Waals surface area contributed by atoms with E-state index in [1.165, 1.54) is 0 Å². The summed E-state index contributed by atoms with van der Waals surface area (Å²) in [6.45, 7) is 0. The number of hydrogen-bond acceptors (Lipinski definition) is 4. The standard InChI is InChI=1S/C26H17BrN4O2/c27-17-8-6-9-18(14-17)29-26(33)22(15-28)25(32)23-21-13-16-7-4-5-12-20(16)24(21)31(30-23)19-10-2-1-3-11-19/h1-12,14,22H,13H2,(H,29,33). The molecule has 4 aromatic rings. The number of ketones is 1. The van der Waals surface area contributed by atoms with Gasteiger partial charge in [0, 0.05) is 27.7 Å². The van der Waals surface area contributed by atoms with Gasteiger partial charge in [0.15, 0.2) is 5.92 Å². The maximum atomic E-state index is 13.5. The molecule has 1 heterocycles. The summed E-state index contributed by atoms with van der Waals surface area (Å²) in [6.07, 6.45) is 0.519. The molecule has 1 amide bonds. The second kappa shape index (κ2) is 8.49. The first kappa shape index (κ1) is 20.9. The van der Waals surface area contributed by atoms with Crippen LogP contribution in [-0.4, -0.2) is 21.5 Å². The number of fused-ring (bicyclic) bond motifs is 3. The normalized spacial score (nSPS) is 12.4. The van der Waals surface area contributed by atoms with Crippen molar-refractivity contribution < 1.29 is 9.59 Å². The lowest BCUT2D eigenvalue weighted by Crippen LogP contribution is -2.29. The molecule has 1 unspecified atom stereocenters. The molecule has 0 aliphatic heterocycles. The Hall–Kier alpha value is -4.02. The second-order valence-corrected chi connectivity index (χ2v) is 8.60. The fraction of sp³-hybridized carbons (Fsp3) is 0.0769. The van der Waals surface area contributed by atoms with Crippen LogP contribution in [0.4, 0.5) is 5.69 Å². The zero-order chi connectivity index (χ0) is 22.9. The Bertz CT molecular complexity index is 1440. The Morgan fingerprint density at radius 1 is 1.03 bits per heavy atom. The van der Waals surface area contributed by atoms with Gasteiger partial charge in [-0.15, -0.1) is 0 Å². The molecule has 5 rings (SSSR count). The minimum atomic E-state index is -1.52. The summed E-state index contributed by atoms with van der Waals surface area (Å²) >= 11 is 3.35. The van der Waals surface area contributed by atoms with Crippen LogP contribution in [0.3, 0.4) is 0 Å². The molecule has 1 aromatic heterocycles. The molecule has 160 valence electrons. The van der Waals surface area contributed by atoms with Crippen LogP contribution in [0.2, 0.25) is 0 Å². The fourth-order valence-corrected chi connectivity index (χ4v) is 4.50. The number of nitrogens with zero attached hydrogens (tertiary/aromatic N) is 3. The van der Waals surface area contributed by atoms with Crippen LogP contribution in [-0.2, 0) is 11.2 Å². The van der Waals surface area contributed by atoms with Crippen molar-refractivity contribution in [2.75, 3.05) is 5.32 Å². The Balaban J connectivity index is 1.55. The van der Waals surface area contributed by atoms with Gasteiger partial charge in [-0.1, -0.05) is 64.5 Å². The smallest absolute Gasteiger partial charge is 0.249 e. The lowest BCUT2D eigenvalue weighted by molar-refractivity contribution is -0.117. The molecule has 0 saturated heterocycles. The van der Waals surface area contributed by atoms with E-state index in [0.29, 0.717) is 12.1 Å². The molecule has 1 aliphatic carbocycles. The molecule has 33 heavy (non-hydrogen) atoms. The first-order chi connectivity index (χ1) is 16.1. The lowest BCUT2D eigenvalue weighted by Gasteiger charge is -2.10. The summed E-state index contributed by atoms with van der Waals surface area (Å²) in [5, 5.41) is 17.0. The Morgan fingerprint density at radius 3 is 2.55 bits per heavy atom. The molecular formula is C26H17BrN4O2. The van der Waals surface area contributed by atoms with E-state index in [1.807, 2.05) is 66.7 Å². The molecule has 0 fully saturated rings. The van der Waals surface area contributed by atoms with Crippen LogP contribution >= 0.6 is 15.9 Å². The van der Waals surface area contributed by atoms with Gasteiger partial charge in [0.25, 0.3) is 0 Å². The van der Waals surface area contributed by atoms with Crippen molar-refractivity contribution in [3.8, 4) is 23.0 Å². The fourth-order valence-electron chi connectivity index (χ4n) is 4.10. The average Bonchev–Trinajstić information content (AvgIpc) is 3.37. The Labute approximate surface area is 198 Å². The quantitative estimate of drug-likeness (QED) is 0.268. The van der Waals surface area contributed by atoms with Crippen LogP contribution in [0.1, 0.15) is 21.6 Å². The van der Waals surface area contributed by atoms with Crippen molar-refractivity contribution in [3.05, 3.63) is 100 Å². The summed E-state index contributed by atoms with van der Waals surface area (Å²) < 4.78 is 2.51. The molecule has 7 heteroatoms. The highest BCUT2D eigenvalue weighted by Gasteiger charge is 2.36. The number of nitrogens with one attached hydrogen (secondary N) is 1. The molecule has 0 radical (unpaired) electrons. The van der Waals surface area contributed by atoms with Gasteiger partial charge in [0.05, 0.1) is 17.5 Å². The van der Waals surface area contributed by atoms with Gasteiger partial charge in [-0.05, 0) is 35.9 Å². The molecular weight excluding hydrogens is 480 g/mol. The topological polar surface area (TPSA) is 87.8 Å². The number of aromatic nitrogens is 2. The monoisotopic (exact) mass is 496 g/mol. The lowest BCUT2D eigenvalue weighted by atomic mass is 9.98. The SMILES string of the molecule is N#CC(C(=O)Nc1cccc(Br)c1)C(=O)c1nn(-c2ccccc2)c2c1Cc1ccccc1-2. The number of carbonyl (C=O) groups is 2. The van der Waals surface area contributed by atoms with Crippen molar-refractivity contribution in [2.24, 2.45) is 5.92 Å². The third-order valence-electron chi connectivity index (χ3n) is 5.60. The molecule has 6 nitrogen and oxygen atoms in total. The molecule has 0 bridgehead atoms. The number of Topliss-reactive ketones (excluding diaryl/α,β-unsaturated/α-hetero) is 1. The second-order valence-electron chi connectivity index (χ2n) is 7.68. The predicted octanol–water partition coefficient (Wildman–Crippen LogP) is 5.17. The Morgan fingerprint density at radius 2 is 1.79 bits per heavy atom. The van der Waals surface area contributed by atoms with Crippen molar-refractivity contribution in [3.63, 3.8) is 0 Å². The van der Waals surface area contributed by atoms with Gasteiger partial charge in [0.2, 0.25) is 11.7 Å². The number of benzene rings is 3. The number of anilines is 1. The predicted molar refractivity (Wildman–Crippen MR) is 128 cm³/mol. The van der Waals surface area contributed by atoms with Gasteiger partial charge in [-0.3, -0.25) is 9.59 Å². The van der Waals surface area contributed by atoms with Gasteiger partial charge in [-0.25, -0.2) is 4.68 Å². The van der Waals surface area contributed by atoms with Gasteiger partial charge in [0.1, 0.15) is 5.69 Å². The molecule has 1 atom stereocenters. The maximum absolute atomic E-state index is 13.5. The summed E-state index contributed by atoms with van der Waals surface area (Å²) in [5.74, 6) is -2.81. The van der Waals surface area contributed by atoms with Crippen molar-refractivity contribution >= 4 is 33.3 Å². The largest absolute Gasteiger partial charge is 0.325 e. The number of hydrogen-bond donors (Lipinski definition) is 1. The minimum Gasteiger partial charge on any atom is -0.325 e. The van der Waals surface area contributed by atoms with Crippen molar-refractivity contribution in [2.45, 2.75) is 6.42 Å². The van der Waals surface area contributed by atoms with E-state index >= 15 is 0 Å². The summed E-state index contributed by atoms with van der Waals surface area (Å²) in [4.78, 5) is 26.3. The van der Waals surface area contributed by atoms with Gasteiger partial charge < -0.3 is 5.32 Å². The number of carbonyl (C=O) groups excluding carboxylic acids is 2. The van der Waals surface area contributed by atoms with E-state index in [-0.39, 0.29) is 5.69 Å². The highest BCUT2D eigenvalue weighted by atomic mass is 79.9. The Kier molecular flexibility index (Phi) is 5.37. The number of rotatable bonds is 5. The molecule has 0 saturated carbocycles. The molecule has 1 N–H and O–H groups in total. The summed E-state index contributed by atoms with van der Waals surface area (Å²) in [5.41, 5.74) is 5.09. The first-order valence-corrected chi connectivity index (χ1v) is 11.1. The van der Waals surface area contributed by atoms with Crippen LogP contribution in [0.15, 0.2) is 83.3 Å². The zero-order valence-electron chi connectivity index (χ0n) is 17.3. The molecule has 1 aliphatic rings. The number of nitriles is 1. The highest BCUT2D eigenvalue weighted by molar-refractivity contribution is 9.10. The van der Waals surface area contributed by atoms with Crippen LogP contribution in [0.5, 0.6) is 0 Å². The summed E-state index contributed by atoms with van der Waals surface area (Å²) in [7, 11) is 0. The van der Waals surface area contributed by atoms with Crippen molar-refractivity contribution in [1.82, 2.24) is 9.78 Å². The van der Waals surface area contributed by atoms with E-state index in [9.17, 15) is 14.9 Å². The van der Waals surface area contributed by atoms with Crippen LogP contribution in [0.25, 0.3) is 16.9 Å². The van der Waals surface area contributed by atoms with Gasteiger partial charge >= 0.3 is 0 Å². The third kappa shape index (κ3) is 3.75. The zero-order valence-corrected chi connectivity index (χ0v) is 18.9. The minimum absolute atomic E-state index is 0.154. The van der Waals surface area contributed by atoms with Gasteiger partial charge in [-0.2, -0.15) is 10.4 Å². The maximum Gasteiger partial charge on any atom is 0.249 e. The van der Waals surface area contributed by atoms with Crippen molar-refractivity contribution in [1.29, 1.82) is 5.26 Å². The van der Waals surface area contributed by atoms with Crippen LogP contribution in [0, 0.1) is 17.2 Å². The number of amides is 1.